The number of fused-ring (bicyclic) bond motifs is 1. The summed E-state index contributed by atoms with van der Waals surface area (Å²) in [5.41, 5.74) is 2.17. The van der Waals surface area contributed by atoms with Gasteiger partial charge in [-0.05, 0) is 19.1 Å². The van der Waals surface area contributed by atoms with Crippen LogP contribution in [0.5, 0.6) is 5.75 Å². The molecule has 0 spiro atoms. The maximum atomic E-state index is 9.88. The largest absolute Gasteiger partial charge is 0.507 e. The van der Waals surface area contributed by atoms with Gasteiger partial charge < -0.3 is 10.2 Å². The molecule has 2 N–H and O–H groups in total. The second-order valence-corrected chi connectivity index (χ2v) is 4.34. The van der Waals surface area contributed by atoms with Crippen LogP contribution in [0, 0.1) is 6.92 Å². The lowest BCUT2D eigenvalue weighted by Gasteiger charge is -2.08. The summed E-state index contributed by atoms with van der Waals surface area (Å²) in [6.45, 7) is 1.72. The van der Waals surface area contributed by atoms with E-state index >= 15 is 0 Å². The fourth-order valence-corrected chi connectivity index (χ4v) is 2.20. The Balaban J connectivity index is 2.31. The van der Waals surface area contributed by atoms with E-state index < -0.39 is 0 Å². The van der Waals surface area contributed by atoms with Gasteiger partial charge in [0.1, 0.15) is 11.4 Å². The van der Waals surface area contributed by atoms with E-state index in [1.54, 1.807) is 16.8 Å². The summed E-state index contributed by atoms with van der Waals surface area (Å²) in [6, 6.07) is 11.0. The highest BCUT2D eigenvalue weighted by Gasteiger charge is 2.12. The first-order valence-corrected chi connectivity index (χ1v) is 5.95. The zero-order chi connectivity index (χ0) is 13.4. The molecule has 0 radical (unpaired) electrons. The van der Waals surface area contributed by atoms with Crippen LogP contribution in [0.4, 0.5) is 0 Å². The first kappa shape index (κ1) is 11.7. The van der Waals surface area contributed by atoms with Crippen LogP contribution in [0.15, 0.2) is 36.4 Å². The molecule has 19 heavy (non-hydrogen) atoms. The van der Waals surface area contributed by atoms with E-state index in [0.717, 1.165) is 22.2 Å². The molecule has 5 heteroatoms. The van der Waals surface area contributed by atoms with Crippen LogP contribution in [-0.2, 0) is 6.61 Å². The highest BCUT2D eigenvalue weighted by molar-refractivity contribution is 5.94. The molecule has 0 saturated carbocycles. The zero-order valence-corrected chi connectivity index (χ0v) is 10.4. The highest BCUT2D eigenvalue weighted by atomic mass is 16.3. The van der Waals surface area contributed by atoms with Crippen molar-refractivity contribution in [3.63, 3.8) is 0 Å². The quantitative estimate of drug-likeness (QED) is 0.734. The molecule has 0 aliphatic carbocycles. The maximum Gasteiger partial charge on any atom is 0.123 e. The summed E-state index contributed by atoms with van der Waals surface area (Å²) in [4.78, 5) is 0. The number of aromatic nitrogens is 3. The van der Waals surface area contributed by atoms with Crippen molar-refractivity contribution in [3.05, 3.63) is 47.8 Å². The van der Waals surface area contributed by atoms with Crippen molar-refractivity contribution in [3.8, 4) is 11.4 Å². The molecular formula is C14H13N3O2. The van der Waals surface area contributed by atoms with E-state index in [1.807, 2.05) is 31.2 Å². The molecule has 5 nitrogen and oxygen atoms in total. The van der Waals surface area contributed by atoms with E-state index in [1.165, 1.54) is 0 Å². The molecule has 0 bridgehead atoms. The van der Waals surface area contributed by atoms with Crippen molar-refractivity contribution in [2.45, 2.75) is 13.5 Å². The molecule has 0 aliphatic heterocycles. The first-order chi connectivity index (χ1) is 9.22. The molecule has 2 aromatic carbocycles. The third kappa shape index (κ3) is 1.75. The zero-order valence-electron chi connectivity index (χ0n) is 10.4. The van der Waals surface area contributed by atoms with Gasteiger partial charge in [0.2, 0.25) is 0 Å². The Morgan fingerprint density at radius 2 is 1.84 bits per heavy atom. The van der Waals surface area contributed by atoms with E-state index in [4.69, 9.17) is 0 Å². The van der Waals surface area contributed by atoms with Crippen molar-refractivity contribution >= 4 is 10.8 Å². The van der Waals surface area contributed by atoms with E-state index in [-0.39, 0.29) is 12.4 Å². The fraction of sp³-hybridized carbons (Fsp3) is 0.143. The average Bonchev–Trinajstić information content (AvgIpc) is 2.80. The monoisotopic (exact) mass is 255 g/mol. The van der Waals surface area contributed by atoms with E-state index in [0.29, 0.717) is 5.69 Å². The molecule has 96 valence electrons. The summed E-state index contributed by atoms with van der Waals surface area (Å²) in [5, 5.41) is 28.7. The number of hydrogen-bond acceptors (Lipinski definition) is 4. The predicted molar refractivity (Wildman–Crippen MR) is 71.2 cm³/mol. The summed E-state index contributed by atoms with van der Waals surface area (Å²) < 4.78 is 1.67. The number of aliphatic hydroxyl groups excluding tert-OH is 1. The fourth-order valence-electron chi connectivity index (χ4n) is 2.20. The number of hydrogen-bond donors (Lipinski definition) is 2. The Morgan fingerprint density at radius 3 is 2.58 bits per heavy atom. The average molecular weight is 255 g/mol. The Bertz CT molecular complexity index is 750. The Hall–Kier alpha value is -2.40. The molecule has 1 aromatic heterocycles. The van der Waals surface area contributed by atoms with Gasteiger partial charge in [0.25, 0.3) is 0 Å². The topological polar surface area (TPSA) is 71.2 Å². The van der Waals surface area contributed by atoms with Crippen LogP contribution in [0.2, 0.25) is 0 Å². The van der Waals surface area contributed by atoms with Gasteiger partial charge in [0, 0.05) is 10.8 Å². The number of benzene rings is 2. The number of nitrogens with zero attached hydrogens (tertiary/aromatic N) is 3. The summed E-state index contributed by atoms with van der Waals surface area (Å²) in [7, 11) is 0. The summed E-state index contributed by atoms with van der Waals surface area (Å²) in [5.74, 6) is 0.236. The number of rotatable bonds is 2. The lowest BCUT2D eigenvalue weighted by atomic mass is 10.1. The molecule has 1 heterocycles. The molecule has 3 rings (SSSR count). The predicted octanol–water partition coefficient (Wildman–Crippen LogP) is 1.93. The molecule has 0 unspecified atom stereocenters. The van der Waals surface area contributed by atoms with Gasteiger partial charge in [-0.25, -0.2) is 4.68 Å². The second-order valence-electron chi connectivity index (χ2n) is 4.34. The van der Waals surface area contributed by atoms with Gasteiger partial charge in [-0.2, -0.15) is 0 Å². The van der Waals surface area contributed by atoms with Crippen LogP contribution in [0.1, 0.15) is 11.4 Å². The molecular weight excluding hydrogens is 242 g/mol. The summed E-state index contributed by atoms with van der Waals surface area (Å²) >= 11 is 0. The Kier molecular flexibility index (Phi) is 2.68. The van der Waals surface area contributed by atoms with Crippen LogP contribution in [-0.4, -0.2) is 25.2 Å². The minimum atomic E-state index is -0.137. The molecule has 0 aliphatic rings. The van der Waals surface area contributed by atoms with E-state index in [9.17, 15) is 10.2 Å². The normalized spacial score (nSPS) is 11.1. The van der Waals surface area contributed by atoms with Crippen LogP contribution in [0.3, 0.4) is 0 Å². The van der Waals surface area contributed by atoms with Gasteiger partial charge in [0.15, 0.2) is 0 Å². The smallest absolute Gasteiger partial charge is 0.123 e. The molecule has 0 atom stereocenters. The third-order valence-corrected chi connectivity index (χ3v) is 3.24. The van der Waals surface area contributed by atoms with Crippen LogP contribution in [0.25, 0.3) is 16.5 Å². The minimum absolute atomic E-state index is 0.137. The van der Waals surface area contributed by atoms with Crippen molar-refractivity contribution in [1.29, 1.82) is 0 Å². The second kappa shape index (κ2) is 4.37. The molecule has 0 saturated heterocycles. The van der Waals surface area contributed by atoms with Gasteiger partial charge in [-0.15, -0.1) is 5.10 Å². The van der Waals surface area contributed by atoms with Crippen LogP contribution >= 0.6 is 0 Å². The number of aromatic hydroxyl groups is 1. The van der Waals surface area contributed by atoms with Crippen LogP contribution < -0.4 is 0 Å². The Morgan fingerprint density at radius 1 is 1.11 bits per heavy atom. The maximum absolute atomic E-state index is 9.88. The van der Waals surface area contributed by atoms with Gasteiger partial charge >= 0.3 is 0 Å². The SMILES string of the molecule is Cc1c(CO)nnn1-c1cccc2c(O)cccc12. The molecule has 0 amide bonds. The minimum Gasteiger partial charge on any atom is -0.507 e. The lowest BCUT2D eigenvalue weighted by Crippen LogP contribution is -2.00. The van der Waals surface area contributed by atoms with Crippen molar-refractivity contribution < 1.29 is 10.2 Å². The lowest BCUT2D eigenvalue weighted by molar-refractivity contribution is 0.276. The first-order valence-electron chi connectivity index (χ1n) is 5.95. The number of phenolic OH excluding ortho intramolecular Hbond substituents is 1. The van der Waals surface area contributed by atoms with Gasteiger partial charge in [-0.3, -0.25) is 0 Å². The van der Waals surface area contributed by atoms with Crippen molar-refractivity contribution in [2.24, 2.45) is 0 Å². The molecule has 0 fully saturated rings. The molecule has 3 aromatic rings. The van der Waals surface area contributed by atoms with E-state index in [2.05, 4.69) is 10.3 Å². The summed E-state index contributed by atoms with van der Waals surface area (Å²) in [6.07, 6.45) is 0. The number of aliphatic hydroxyl groups is 1. The third-order valence-electron chi connectivity index (χ3n) is 3.24. The van der Waals surface area contributed by atoms with Crippen molar-refractivity contribution in [1.82, 2.24) is 15.0 Å². The number of phenols is 1. The van der Waals surface area contributed by atoms with Gasteiger partial charge in [0.05, 0.1) is 18.0 Å². The Labute approximate surface area is 109 Å². The standard InChI is InChI=1S/C14H13N3O2/c1-9-12(8-18)15-16-17(9)13-6-2-5-11-10(13)4-3-7-14(11)19/h2-7,18-19H,8H2,1H3. The van der Waals surface area contributed by atoms with Gasteiger partial charge in [-0.1, -0.05) is 29.5 Å². The van der Waals surface area contributed by atoms with Crippen molar-refractivity contribution in [2.75, 3.05) is 0 Å². The highest BCUT2D eigenvalue weighted by Crippen LogP contribution is 2.29.